The van der Waals surface area contributed by atoms with E-state index in [1.54, 1.807) is 0 Å². The summed E-state index contributed by atoms with van der Waals surface area (Å²) in [6.45, 7) is 6.39. The van der Waals surface area contributed by atoms with Crippen molar-refractivity contribution in [1.82, 2.24) is 15.5 Å². The monoisotopic (exact) mass is 367 g/mol. The fourth-order valence-corrected chi connectivity index (χ4v) is 3.31. The molecule has 3 aromatic rings. The Labute approximate surface area is 157 Å². The van der Waals surface area contributed by atoms with Gasteiger partial charge in [-0.25, -0.2) is 0 Å². The van der Waals surface area contributed by atoms with Crippen molar-refractivity contribution >= 4 is 17.7 Å². The van der Waals surface area contributed by atoms with Gasteiger partial charge in [0.25, 0.3) is 5.22 Å². The third-order valence-electron chi connectivity index (χ3n) is 3.83. The van der Waals surface area contributed by atoms with Crippen LogP contribution in [0.2, 0.25) is 0 Å². The highest BCUT2D eigenvalue weighted by molar-refractivity contribution is 8.00. The zero-order chi connectivity index (χ0) is 18.5. The van der Waals surface area contributed by atoms with E-state index in [0.29, 0.717) is 17.7 Å². The second-order valence-electron chi connectivity index (χ2n) is 6.21. The molecule has 0 aliphatic rings. The van der Waals surface area contributed by atoms with Gasteiger partial charge in [-0.15, -0.1) is 10.2 Å². The van der Waals surface area contributed by atoms with Crippen LogP contribution >= 0.6 is 11.8 Å². The molecule has 0 aliphatic carbocycles. The van der Waals surface area contributed by atoms with Crippen molar-refractivity contribution in [2.24, 2.45) is 0 Å². The van der Waals surface area contributed by atoms with Gasteiger partial charge in [0.15, 0.2) is 0 Å². The van der Waals surface area contributed by atoms with Crippen LogP contribution in [-0.2, 0) is 11.3 Å². The van der Waals surface area contributed by atoms with Gasteiger partial charge in [-0.3, -0.25) is 4.79 Å². The largest absolute Gasteiger partial charge is 0.411 e. The third kappa shape index (κ3) is 4.73. The van der Waals surface area contributed by atoms with E-state index in [1.165, 1.54) is 11.8 Å². The Morgan fingerprint density at radius 1 is 1.12 bits per heavy atom. The second kappa shape index (κ2) is 8.19. The number of carbonyl (C=O) groups is 1. The molecule has 5 nitrogen and oxygen atoms in total. The number of rotatable bonds is 6. The number of hydrogen-bond donors (Lipinski definition) is 1. The van der Waals surface area contributed by atoms with E-state index >= 15 is 0 Å². The lowest BCUT2D eigenvalue weighted by molar-refractivity contribution is -0.120. The number of amides is 1. The van der Waals surface area contributed by atoms with Crippen molar-refractivity contribution in [2.75, 3.05) is 0 Å². The Morgan fingerprint density at radius 3 is 2.50 bits per heavy atom. The van der Waals surface area contributed by atoms with Gasteiger partial charge >= 0.3 is 0 Å². The van der Waals surface area contributed by atoms with Crippen molar-refractivity contribution in [3.63, 3.8) is 0 Å². The van der Waals surface area contributed by atoms with Crippen LogP contribution in [0.25, 0.3) is 11.5 Å². The molecule has 3 rings (SSSR count). The van der Waals surface area contributed by atoms with Gasteiger partial charge in [-0.05, 0) is 38.5 Å². The topological polar surface area (TPSA) is 68.0 Å². The van der Waals surface area contributed by atoms with Gasteiger partial charge in [-0.1, -0.05) is 59.3 Å². The van der Waals surface area contributed by atoms with Crippen LogP contribution in [-0.4, -0.2) is 21.4 Å². The lowest BCUT2D eigenvalue weighted by atomic mass is 10.1. The molecule has 0 saturated carbocycles. The average Bonchev–Trinajstić information content (AvgIpc) is 3.08. The van der Waals surface area contributed by atoms with Crippen molar-refractivity contribution in [3.05, 3.63) is 65.2 Å². The standard InChI is InChI=1S/C20H21N3O2S/c1-13-9-14(2)11-17(10-13)19-22-23-20(25-19)26-15(3)18(24)21-12-16-7-5-4-6-8-16/h4-11,15H,12H2,1-3H3,(H,21,24)/t15-/m1/s1. The summed E-state index contributed by atoms with van der Waals surface area (Å²) >= 11 is 1.26. The maximum absolute atomic E-state index is 12.3. The van der Waals surface area contributed by atoms with Crippen LogP contribution in [0.4, 0.5) is 0 Å². The maximum atomic E-state index is 12.3. The minimum Gasteiger partial charge on any atom is -0.411 e. The molecule has 0 radical (unpaired) electrons. The van der Waals surface area contributed by atoms with Crippen molar-refractivity contribution < 1.29 is 9.21 Å². The molecule has 2 aromatic carbocycles. The predicted octanol–water partition coefficient (Wildman–Crippen LogP) is 4.15. The lowest BCUT2D eigenvalue weighted by Crippen LogP contribution is -2.30. The van der Waals surface area contributed by atoms with Gasteiger partial charge in [0.05, 0.1) is 5.25 Å². The SMILES string of the molecule is Cc1cc(C)cc(-c2nnc(S[C@H](C)C(=O)NCc3ccccc3)o2)c1. The number of aryl methyl sites for hydroxylation is 2. The first-order valence-corrected chi connectivity index (χ1v) is 9.29. The van der Waals surface area contributed by atoms with E-state index in [2.05, 4.69) is 21.6 Å². The first-order chi connectivity index (χ1) is 12.5. The molecule has 0 unspecified atom stereocenters. The Balaban J connectivity index is 1.60. The summed E-state index contributed by atoms with van der Waals surface area (Å²) in [7, 11) is 0. The van der Waals surface area contributed by atoms with E-state index in [0.717, 1.165) is 22.3 Å². The molecule has 0 spiro atoms. The fraction of sp³-hybridized carbons (Fsp3) is 0.250. The zero-order valence-electron chi connectivity index (χ0n) is 15.0. The molecular weight excluding hydrogens is 346 g/mol. The minimum absolute atomic E-state index is 0.0648. The van der Waals surface area contributed by atoms with Gasteiger partial charge in [-0.2, -0.15) is 0 Å². The van der Waals surface area contributed by atoms with E-state index in [9.17, 15) is 4.79 Å². The van der Waals surface area contributed by atoms with Gasteiger partial charge in [0.2, 0.25) is 11.8 Å². The molecule has 1 heterocycles. The lowest BCUT2D eigenvalue weighted by Gasteiger charge is -2.09. The number of aromatic nitrogens is 2. The maximum Gasteiger partial charge on any atom is 0.277 e. The molecule has 26 heavy (non-hydrogen) atoms. The first kappa shape index (κ1) is 18.2. The fourth-order valence-electron chi connectivity index (χ4n) is 2.61. The van der Waals surface area contributed by atoms with E-state index in [1.807, 2.05) is 63.2 Å². The molecule has 0 fully saturated rings. The summed E-state index contributed by atoms with van der Waals surface area (Å²) in [4.78, 5) is 12.3. The van der Waals surface area contributed by atoms with Crippen LogP contribution in [0.5, 0.6) is 0 Å². The number of hydrogen-bond acceptors (Lipinski definition) is 5. The molecule has 134 valence electrons. The highest BCUT2D eigenvalue weighted by Gasteiger charge is 2.18. The van der Waals surface area contributed by atoms with Gasteiger partial charge in [0.1, 0.15) is 0 Å². The van der Waals surface area contributed by atoms with Gasteiger partial charge in [0, 0.05) is 12.1 Å². The molecular formula is C20H21N3O2S. The summed E-state index contributed by atoms with van der Waals surface area (Å²) in [5, 5.41) is 11.1. The van der Waals surface area contributed by atoms with Crippen LogP contribution < -0.4 is 5.32 Å². The molecule has 0 bridgehead atoms. The molecule has 1 aromatic heterocycles. The number of benzene rings is 2. The van der Waals surface area contributed by atoms with Crippen molar-refractivity contribution in [3.8, 4) is 11.5 Å². The van der Waals surface area contributed by atoms with Crippen LogP contribution in [0, 0.1) is 13.8 Å². The molecule has 0 saturated heterocycles. The Hall–Kier alpha value is -2.60. The summed E-state index contributed by atoms with van der Waals surface area (Å²) in [6, 6.07) is 15.9. The quantitative estimate of drug-likeness (QED) is 0.663. The Morgan fingerprint density at radius 2 is 1.81 bits per heavy atom. The Kier molecular flexibility index (Phi) is 5.73. The summed E-state index contributed by atoms with van der Waals surface area (Å²) in [5.41, 5.74) is 4.23. The molecule has 1 N–H and O–H groups in total. The highest BCUT2D eigenvalue weighted by Crippen LogP contribution is 2.27. The van der Waals surface area contributed by atoms with Crippen LogP contribution in [0.15, 0.2) is 58.2 Å². The number of carbonyl (C=O) groups excluding carboxylic acids is 1. The molecule has 0 aliphatic heterocycles. The van der Waals surface area contributed by atoms with E-state index in [-0.39, 0.29) is 11.2 Å². The smallest absolute Gasteiger partial charge is 0.277 e. The highest BCUT2D eigenvalue weighted by atomic mass is 32.2. The van der Waals surface area contributed by atoms with Crippen LogP contribution in [0.1, 0.15) is 23.6 Å². The van der Waals surface area contributed by atoms with Crippen molar-refractivity contribution in [2.45, 2.75) is 37.8 Å². The number of nitrogens with zero attached hydrogens (tertiary/aromatic N) is 2. The predicted molar refractivity (Wildman–Crippen MR) is 103 cm³/mol. The number of nitrogens with one attached hydrogen (secondary N) is 1. The minimum atomic E-state index is -0.328. The molecule has 1 atom stereocenters. The van der Waals surface area contributed by atoms with E-state index < -0.39 is 0 Å². The van der Waals surface area contributed by atoms with Gasteiger partial charge < -0.3 is 9.73 Å². The molecule has 1 amide bonds. The number of thioether (sulfide) groups is 1. The van der Waals surface area contributed by atoms with Crippen LogP contribution in [0.3, 0.4) is 0 Å². The third-order valence-corrected chi connectivity index (χ3v) is 4.77. The van der Waals surface area contributed by atoms with Crippen molar-refractivity contribution in [1.29, 1.82) is 0 Å². The first-order valence-electron chi connectivity index (χ1n) is 8.42. The van der Waals surface area contributed by atoms with E-state index in [4.69, 9.17) is 4.42 Å². The summed E-state index contributed by atoms with van der Waals surface area (Å²) in [5.74, 6) is 0.404. The Bertz CT molecular complexity index is 873. The second-order valence-corrected chi connectivity index (χ2v) is 7.51. The molecule has 6 heteroatoms. The summed E-state index contributed by atoms with van der Waals surface area (Å²) < 4.78 is 5.72. The summed E-state index contributed by atoms with van der Waals surface area (Å²) in [6.07, 6.45) is 0. The average molecular weight is 367 g/mol. The zero-order valence-corrected chi connectivity index (χ0v) is 15.8. The normalized spacial score (nSPS) is 12.0.